The second-order valence-corrected chi connectivity index (χ2v) is 7.35. The summed E-state index contributed by atoms with van der Waals surface area (Å²) in [7, 11) is 0. The lowest BCUT2D eigenvalue weighted by Gasteiger charge is -2.27. The van der Waals surface area contributed by atoms with E-state index in [0.717, 1.165) is 25.7 Å². The number of hydrogen-bond donors (Lipinski definition) is 2. The maximum Gasteiger partial charge on any atom is 0.243 e. The van der Waals surface area contributed by atoms with Gasteiger partial charge in [0.05, 0.1) is 6.04 Å². The molecule has 0 radical (unpaired) electrons. The van der Waals surface area contributed by atoms with Gasteiger partial charge in [-0.05, 0) is 43.4 Å². The summed E-state index contributed by atoms with van der Waals surface area (Å²) in [4.78, 5) is 25.1. The standard InChI is InChI=1S/C20H29FN2O2/c1-13(2)18(23-19(24)15-8-5-4-6-9-15)20(25)22-14(3)16-10-7-11-17(21)12-16/h7,10-15,18H,4-6,8-9H2,1-3H3,(H,22,25)(H,23,24). The van der Waals surface area contributed by atoms with Crippen molar-refractivity contribution in [3.05, 3.63) is 35.6 Å². The lowest BCUT2D eigenvalue weighted by molar-refractivity contribution is -0.133. The number of hydrogen-bond acceptors (Lipinski definition) is 2. The SMILES string of the molecule is CC(NC(=O)C(NC(=O)C1CCCCC1)C(C)C)c1cccc(F)c1. The monoisotopic (exact) mass is 348 g/mol. The van der Waals surface area contributed by atoms with Gasteiger partial charge in [-0.2, -0.15) is 0 Å². The zero-order valence-corrected chi connectivity index (χ0v) is 15.3. The first kappa shape index (κ1) is 19.4. The van der Waals surface area contributed by atoms with Crippen LogP contribution in [0.1, 0.15) is 64.5 Å². The topological polar surface area (TPSA) is 58.2 Å². The molecule has 2 amide bonds. The van der Waals surface area contributed by atoms with E-state index < -0.39 is 6.04 Å². The molecule has 1 aliphatic rings. The van der Waals surface area contributed by atoms with Crippen LogP contribution in [0.3, 0.4) is 0 Å². The number of benzene rings is 1. The second kappa shape index (κ2) is 8.97. The van der Waals surface area contributed by atoms with Gasteiger partial charge in [-0.15, -0.1) is 0 Å². The maximum atomic E-state index is 13.4. The molecule has 2 unspecified atom stereocenters. The summed E-state index contributed by atoms with van der Waals surface area (Å²) < 4.78 is 13.4. The molecule has 2 atom stereocenters. The highest BCUT2D eigenvalue weighted by atomic mass is 19.1. The van der Waals surface area contributed by atoms with E-state index in [9.17, 15) is 14.0 Å². The van der Waals surface area contributed by atoms with Crippen molar-refractivity contribution in [1.82, 2.24) is 10.6 Å². The number of amides is 2. The number of carbonyl (C=O) groups excluding carboxylic acids is 2. The number of nitrogens with one attached hydrogen (secondary N) is 2. The van der Waals surface area contributed by atoms with Crippen molar-refractivity contribution in [2.45, 2.75) is 65.0 Å². The molecule has 1 fully saturated rings. The zero-order valence-electron chi connectivity index (χ0n) is 15.3. The number of rotatable bonds is 6. The summed E-state index contributed by atoms with van der Waals surface area (Å²) in [6.45, 7) is 5.64. The van der Waals surface area contributed by atoms with Crippen LogP contribution in [-0.2, 0) is 9.59 Å². The van der Waals surface area contributed by atoms with Crippen molar-refractivity contribution in [1.29, 1.82) is 0 Å². The fraction of sp³-hybridized carbons (Fsp3) is 0.600. The van der Waals surface area contributed by atoms with Gasteiger partial charge in [-0.25, -0.2) is 4.39 Å². The zero-order chi connectivity index (χ0) is 18.4. The van der Waals surface area contributed by atoms with Crippen molar-refractivity contribution in [3.8, 4) is 0 Å². The summed E-state index contributed by atoms with van der Waals surface area (Å²) in [6.07, 6.45) is 5.14. The van der Waals surface area contributed by atoms with Crippen LogP contribution in [0.2, 0.25) is 0 Å². The molecule has 1 aliphatic carbocycles. The molecule has 0 heterocycles. The van der Waals surface area contributed by atoms with E-state index in [1.807, 2.05) is 20.8 Å². The van der Waals surface area contributed by atoms with Gasteiger partial charge in [-0.1, -0.05) is 45.2 Å². The van der Waals surface area contributed by atoms with Crippen LogP contribution in [0.4, 0.5) is 4.39 Å². The average Bonchev–Trinajstić information content (AvgIpc) is 2.59. The molecular formula is C20H29FN2O2. The van der Waals surface area contributed by atoms with Gasteiger partial charge in [0.15, 0.2) is 0 Å². The van der Waals surface area contributed by atoms with E-state index in [4.69, 9.17) is 0 Å². The predicted octanol–water partition coefficient (Wildman–Crippen LogP) is 3.72. The van der Waals surface area contributed by atoms with Gasteiger partial charge in [0.1, 0.15) is 11.9 Å². The van der Waals surface area contributed by atoms with Gasteiger partial charge < -0.3 is 10.6 Å². The van der Waals surface area contributed by atoms with Crippen molar-refractivity contribution in [3.63, 3.8) is 0 Å². The Labute approximate surface area is 149 Å². The minimum Gasteiger partial charge on any atom is -0.348 e. The largest absolute Gasteiger partial charge is 0.348 e. The van der Waals surface area contributed by atoms with Crippen LogP contribution in [0.25, 0.3) is 0 Å². The number of carbonyl (C=O) groups is 2. The van der Waals surface area contributed by atoms with E-state index in [-0.39, 0.29) is 35.5 Å². The van der Waals surface area contributed by atoms with E-state index >= 15 is 0 Å². The molecular weight excluding hydrogens is 319 g/mol. The first-order valence-corrected chi connectivity index (χ1v) is 9.24. The minimum absolute atomic E-state index is 0.0171. The van der Waals surface area contributed by atoms with Crippen LogP contribution in [-0.4, -0.2) is 17.9 Å². The molecule has 4 nitrogen and oxygen atoms in total. The van der Waals surface area contributed by atoms with Gasteiger partial charge in [-0.3, -0.25) is 9.59 Å². The fourth-order valence-corrected chi connectivity index (χ4v) is 3.33. The van der Waals surface area contributed by atoms with Crippen molar-refractivity contribution in [2.75, 3.05) is 0 Å². The molecule has 0 aromatic heterocycles. The molecule has 0 aliphatic heterocycles. The summed E-state index contributed by atoms with van der Waals surface area (Å²) >= 11 is 0. The Morgan fingerprint density at radius 1 is 1.08 bits per heavy atom. The lowest BCUT2D eigenvalue weighted by Crippen LogP contribution is -2.51. The molecule has 2 N–H and O–H groups in total. The predicted molar refractivity (Wildman–Crippen MR) is 96.3 cm³/mol. The van der Waals surface area contributed by atoms with Crippen LogP contribution in [0, 0.1) is 17.7 Å². The van der Waals surface area contributed by atoms with Crippen molar-refractivity contribution < 1.29 is 14.0 Å². The third-order valence-corrected chi connectivity index (χ3v) is 4.93. The summed E-state index contributed by atoms with van der Waals surface area (Å²) in [5.41, 5.74) is 0.703. The average molecular weight is 348 g/mol. The van der Waals surface area contributed by atoms with Crippen molar-refractivity contribution >= 4 is 11.8 Å². The van der Waals surface area contributed by atoms with E-state index in [1.165, 1.54) is 18.6 Å². The van der Waals surface area contributed by atoms with E-state index in [1.54, 1.807) is 12.1 Å². The Bertz CT molecular complexity index is 597. The Hall–Kier alpha value is -1.91. The lowest BCUT2D eigenvalue weighted by atomic mass is 9.88. The molecule has 2 rings (SSSR count). The smallest absolute Gasteiger partial charge is 0.243 e. The Morgan fingerprint density at radius 2 is 1.76 bits per heavy atom. The highest BCUT2D eigenvalue weighted by Crippen LogP contribution is 2.24. The molecule has 1 aromatic carbocycles. The van der Waals surface area contributed by atoms with Crippen LogP contribution < -0.4 is 10.6 Å². The van der Waals surface area contributed by atoms with Crippen LogP contribution in [0.15, 0.2) is 24.3 Å². The fourth-order valence-electron chi connectivity index (χ4n) is 3.33. The molecule has 5 heteroatoms. The first-order chi connectivity index (χ1) is 11.9. The number of halogens is 1. The molecule has 0 bridgehead atoms. The molecule has 138 valence electrons. The maximum absolute atomic E-state index is 13.4. The van der Waals surface area contributed by atoms with Crippen LogP contribution >= 0.6 is 0 Å². The highest BCUT2D eigenvalue weighted by molar-refractivity contribution is 5.88. The van der Waals surface area contributed by atoms with Gasteiger partial charge in [0.2, 0.25) is 11.8 Å². The Kier molecular flexibility index (Phi) is 6.97. The molecule has 1 saturated carbocycles. The molecule has 25 heavy (non-hydrogen) atoms. The first-order valence-electron chi connectivity index (χ1n) is 9.24. The normalized spacial score (nSPS) is 17.8. The van der Waals surface area contributed by atoms with Crippen LogP contribution in [0.5, 0.6) is 0 Å². The quantitative estimate of drug-likeness (QED) is 0.823. The molecule has 0 spiro atoms. The molecule has 0 saturated heterocycles. The Morgan fingerprint density at radius 3 is 2.36 bits per heavy atom. The van der Waals surface area contributed by atoms with Crippen molar-refractivity contribution in [2.24, 2.45) is 11.8 Å². The third kappa shape index (κ3) is 5.55. The second-order valence-electron chi connectivity index (χ2n) is 7.35. The summed E-state index contributed by atoms with van der Waals surface area (Å²) in [5.74, 6) is -0.580. The van der Waals surface area contributed by atoms with Gasteiger partial charge >= 0.3 is 0 Å². The highest BCUT2D eigenvalue weighted by Gasteiger charge is 2.29. The summed E-state index contributed by atoms with van der Waals surface area (Å²) in [6, 6.07) is 5.29. The van der Waals surface area contributed by atoms with Gasteiger partial charge in [0, 0.05) is 5.92 Å². The van der Waals surface area contributed by atoms with Gasteiger partial charge in [0.25, 0.3) is 0 Å². The Balaban J connectivity index is 1.98. The van der Waals surface area contributed by atoms with E-state index in [0.29, 0.717) is 5.56 Å². The minimum atomic E-state index is -0.578. The molecule has 1 aromatic rings. The third-order valence-electron chi connectivity index (χ3n) is 4.93. The summed E-state index contributed by atoms with van der Waals surface area (Å²) in [5, 5.41) is 5.82. The van der Waals surface area contributed by atoms with E-state index in [2.05, 4.69) is 10.6 Å².